The number of halogens is 1. The number of hydrogen-bond donors (Lipinski definition) is 0. The minimum Gasteiger partial charge on any atom is -0.353 e. The molecule has 27 heavy (non-hydrogen) atoms. The topological polar surface area (TPSA) is 83.7 Å². The fourth-order valence-electron chi connectivity index (χ4n) is 3.17. The summed E-state index contributed by atoms with van der Waals surface area (Å²) < 4.78 is 42.9. The van der Waals surface area contributed by atoms with Gasteiger partial charge in [-0.1, -0.05) is 12.1 Å². The zero-order valence-electron chi connectivity index (χ0n) is 15.0. The van der Waals surface area contributed by atoms with Gasteiger partial charge >= 0.3 is 0 Å². The second kappa shape index (κ2) is 6.54. The van der Waals surface area contributed by atoms with E-state index in [1.807, 2.05) is 24.0 Å². The van der Waals surface area contributed by atoms with Crippen molar-refractivity contribution in [2.24, 2.45) is 0 Å². The first-order valence-electron chi connectivity index (χ1n) is 8.57. The van der Waals surface area contributed by atoms with Crippen LogP contribution in [0.2, 0.25) is 0 Å². The van der Waals surface area contributed by atoms with Crippen molar-refractivity contribution in [2.75, 3.05) is 31.1 Å². The van der Waals surface area contributed by atoms with Gasteiger partial charge in [-0.15, -0.1) is 15.3 Å². The molecule has 0 amide bonds. The van der Waals surface area contributed by atoms with Gasteiger partial charge in [-0.3, -0.25) is 0 Å². The Morgan fingerprint density at radius 3 is 2.48 bits per heavy atom. The lowest BCUT2D eigenvalue weighted by molar-refractivity contribution is 0.380. The average molecular weight is 390 g/mol. The van der Waals surface area contributed by atoms with Crippen molar-refractivity contribution < 1.29 is 12.8 Å². The maximum Gasteiger partial charge on any atom is 0.246 e. The molecule has 0 bridgehead atoms. The van der Waals surface area contributed by atoms with Crippen molar-refractivity contribution in [1.29, 1.82) is 0 Å². The largest absolute Gasteiger partial charge is 0.353 e. The Balaban J connectivity index is 1.54. The van der Waals surface area contributed by atoms with E-state index in [-0.39, 0.29) is 18.0 Å². The molecule has 0 saturated carbocycles. The van der Waals surface area contributed by atoms with Gasteiger partial charge in [0, 0.05) is 26.2 Å². The van der Waals surface area contributed by atoms with E-state index < -0.39 is 15.8 Å². The van der Waals surface area contributed by atoms with Gasteiger partial charge in [0.1, 0.15) is 16.5 Å². The van der Waals surface area contributed by atoms with Crippen molar-refractivity contribution >= 4 is 21.5 Å². The Bertz CT molecular complexity index is 1110. The smallest absolute Gasteiger partial charge is 0.246 e. The summed E-state index contributed by atoms with van der Waals surface area (Å²) in [7, 11) is -3.87. The maximum absolute atomic E-state index is 14.3. The van der Waals surface area contributed by atoms with Crippen molar-refractivity contribution in [3.63, 3.8) is 0 Å². The number of rotatable bonds is 3. The Kier molecular flexibility index (Phi) is 4.31. The summed E-state index contributed by atoms with van der Waals surface area (Å²) in [4.78, 5) is 1.73. The van der Waals surface area contributed by atoms with Gasteiger partial charge in [-0.05, 0) is 37.6 Å². The quantitative estimate of drug-likeness (QED) is 0.672. The summed E-state index contributed by atoms with van der Waals surface area (Å²) >= 11 is 0. The number of piperazine rings is 1. The number of benzene rings is 1. The zero-order valence-corrected chi connectivity index (χ0v) is 15.8. The van der Waals surface area contributed by atoms with Gasteiger partial charge in [0.2, 0.25) is 10.0 Å². The van der Waals surface area contributed by atoms with Crippen molar-refractivity contribution in [1.82, 2.24) is 24.1 Å². The van der Waals surface area contributed by atoms with E-state index in [2.05, 4.69) is 15.3 Å². The van der Waals surface area contributed by atoms with Crippen LogP contribution in [0.15, 0.2) is 35.2 Å². The third kappa shape index (κ3) is 3.04. The molecule has 142 valence electrons. The Morgan fingerprint density at radius 2 is 1.74 bits per heavy atom. The minimum atomic E-state index is -3.87. The first kappa shape index (κ1) is 17.8. The van der Waals surface area contributed by atoms with Gasteiger partial charge < -0.3 is 4.90 Å². The number of aryl methyl sites for hydroxylation is 2. The van der Waals surface area contributed by atoms with Crippen molar-refractivity contribution in [3.8, 4) is 0 Å². The zero-order chi connectivity index (χ0) is 19.2. The molecule has 0 atom stereocenters. The molecule has 4 rings (SSSR count). The molecule has 1 aliphatic rings. The van der Waals surface area contributed by atoms with Crippen LogP contribution < -0.4 is 4.90 Å². The Hall–Kier alpha value is -2.59. The maximum atomic E-state index is 14.3. The number of sulfonamides is 1. The number of aromatic nitrogens is 4. The molecule has 1 fully saturated rings. The highest BCUT2D eigenvalue weighted by atomic mass is 32.2. The fourth-order valence-corrected chi connectivity index (χ4v) is 4.73. The predicted molar refractivity (Wildman–Crippen MR) is 97.6 cm³/mol. The molecule has 3 heterocycles. The first-order valence-corrected chi connectivity index (χ1v) is 10.0. The van der Waals surface area contributed by atoms with Crippen LogP contribution in [0.1, 0.15) is 11.4 Å². The van der Waals surface area contributed by atoms with Gasteiger partial charge in [0.25, 0.3) is 0 Å². The number of anilines is 1. The van der Waals surface area contributed by atoms with Gasteiger partial charge in [-0.2, -0.15) is 8.82 Å². The summed E-state index contributed by atoms with van der Waals surface area (Å²) in [6, 6.07) is 8.10. The van der Waals surface area contributed by atoms with Crippen molar-refractivity contribution in [3.05, 3.63) is 47.5 Å². The predicted octanol–water partition coefficient (Wildman–Crippen LogP) is 1.39. The van der Waals surface area contributed by atoms with Gasteiger partial charge in [0.15, 0.2) is 11.5 Å². The summed E-state index contributed by atoms with van der Waals surface area (Å²) in [5.74, 6) is 0.724. The third-order valence-electron chi connectivity index (χ3n) is 4.74. The number of fused-ring (bicyclic) bond motifs is 1. The summed E-state index contributed by atoms with van der Waals surface area (Å²) in [6.45, 7) is 4.82. The summed E-state index contributed by atoms with van der Waals surface area (Å²) in [6.07, 6.45) is 0. The van der Waals surface area contributed by atoms with Crippen LogP contribution >= 0.6 is 0 Å². The van der Waals surface area contributed by atoms with Crippen LogP contribution in [0.5, 0.6) is 0 Å². The van der Waals surface area contributed by atoms with Gasteiger partial charge in [-0.25, -0.2) is 12.8 Å². The molecule has 0 unspecified atom stereocenters. The monoisotopic (exact) mass is 390 g/mol. The van der Waals surface area contributed by atoms with Crippen LogP contribution in [0.4, 0.5) is 10.2 Å². The minimum absolute atomic E-state index is 0.261. The van der Waals surface area contributed by atoms with Gasteiger partial charge in [0.05, 0.1) is 0 Å². The molecule has 0 N–H and O–H groups in total. The van der Waals surface area contributed by atoms with E-state index >= 15 is 0 Å². The molecule has 3 aromatic rings. The molecule has 0 radical (unpaired) electrons. The SMILES string of the molecule is Cc1cccc(S(=O)(=O)N2CCN(c3ccc4nnc(C)n4n3)CC2)c1F. The number of nitrogens with zero attached hydrogens (tertiary/aromatic N) is 6. The van der Waals surface area contributed by atoms with Crippen molar-refractivity contribution in [2.45, 2.75) is 18.7 Å². The molecular weight excluding hydrogens is 371 g/mol. The average Bonchev–Trinajstić information content (AvgIpc) is 3.04. The fraction of sp³-hybridized carbons (Fsp3) is 0.353. The molecule has 0 spiro atoms. The lowest BCUT2D eigenvalue weighted by Crippen LogP contribution is -2.49. The lowest BCUT2D eigenvalue weighted by atomic mass is 10.2. The second-order valence-corrected chi connectivity index (χ2v) is 8.39. The van der Waals surface area contributed by atoms with Crippen LogP contribution in [-0.4, -0.2) is 58.7 Å². The van der Waals surface area contributed by atoms with E-state index in [9.17, 15) is 12.8 Å². The van der Waals surface area contributed by atoms with E-state index in [0.717, 1.165) is 5.82 Å². The van der Waals surface area contributed by atoms with Crippen LogP contribution in [-0.2, 0) is 10.0 Å². The molecule has 1 aliphatic heterocycles. The molecule has 1 aromatic carbocycles. The standard InChI is InChI=1S/C17H19FN6O2S/c1-12-4-3-5-14(17(12)18)27(25,26)23-10-8-22(9-11-23)16-7-6-15-20-19-13(2)24(15)21-16/h3-7H,8-11H2,1-2H3. The van der Waals surface area contributed by atoms with Crippen LogP contribution in [0.25, 0.3) is 5.65 Å². The van der Waals surface area contributed by atoms with E-state index in [0.29, 0.717) is 30.1 Å². The first-order chi connectivity index (χ1) is 12.9. The molecule has 1 saturated heterocycles. The molecule has 0 aliphatic carbocycles. The molecule has 2 aromatic heterocycles. The molecule has 10 heteroatoms. The second-order valence-electron chi connectivity index (χ2n) is 6.49. The van der Waals surface area contributed by atoms with E-state index in [1.165, 1.54) is 10.4 Å². The number of hydrogen-bond acceptors (Lipinski definition) is 6. The van der Waals surface area contributed by atoms with E-state index in [1.54, 1.807) is 23.6 Å². The Morgan fingerprint density at radius 1 is 1.00 bits per heavy atom. The van der Waals surface area contributed by atoms with Crippen LogP contribution in [0.3, 0.4) is 0 Å². The lowest BCUT2D eigenvalue weighted by Gasteiger charge is -2.34. The molecular formula is C17H19FN6O2S. The van der Waals surface area contributed by atoms with Crippen LogP contribution in [0, 0.1) is 19.7 Å². The highest BCUT2D eigenvalue weighted by Crippen LogP contribution is 2.23. The Labute approximate surface area is 156 Å². The highest BCUT2D eigenvalue weighted by molar-refractivity contribution is 7.89. The normalized spacial score (nSPS) is 16.2. The van der Waals surface area contributed by atoms with E-state index in [4.69, 9.17) is 0 Å². The summed E-state index contributed by atoms with van der Waals surface area (Å²) in [5, 5.41) is 12.5. The molecule has 8 nitrogen and oxygen atoms in total. The summed E-state index contributed by atoms with van der Waals surface area (Å²) in [5.41, 5.74) is 0.976. The highest BCUT2D eigenvalue weighted by Gasteiger charge is 2.31. The third-order valence-corrected chi connectivity index (χ3v) is 6.66.